The molecule has 6 heteroatoms. The Labute approximate surface area is 200 Å². The van der Waals surface area contributed by atoms with Gasteiger partial charge in [-0.1, -0.05) is 27.6 Å². The third-order valence-electron chi connectivity index (χ3n) is 5.52. The highest BCUT2D eigenvalue weighted by atomic mass is 16.5. The summed E-state index contributed by atoms with van der Waals surface area (Å²) in [5, 5.41) is 0. The van der Waals surface area contributed by atoms with E-state index in [4.69, 9.17) is 37.8 Å². The Hall–Kier alpha value is -1.79. The van der Waals surface area contributed by atoms with Crippen LogP contribution >= 0.6 is 0 Å². The molecule has 0 aliphatic carbocycles. The van der Waals surface area contributed by atoms with Crippen molar-refractivity contribution in [3.05, 3.63) is 23.2 Å². The zero-order valence-corrected chi connectivity index (χ0v) is 17.4. The highest BCUT2D eigenvalue weighted by molar-refractivity contribution is 5.76. The van der Waals surface area contributed by atoms with E-state index >= 15 is 0 Å². The van der Waals surface area contributed by atoms with Gasteiger partial charge in [0.25, 0.3) is 0 Å². The Bertz CT molecular complexity index is 1250. The van der Waals surface area contributed by atoms with Crippen LogP contribution in [0.1, 0.15) is 76.7 Å². The third-order valence-corrected chi connectivity index (χ3v) is 5.52. The number of methoxy groups -OCH3 is 2. The summed E-state index contributed by atoms with van der Waals surface area (Å²) in [4.78, 5) is 15.2. The van der Waals surface area contributed by atoms with Crippen molar-refractivity contribution in [3.63, 3.8) is 0 Å². The van der Waals surface area contributed by atoms with Gasteiger partial charge in [0.15, 0.2) is 11.5 Å². The molecule has 4 atom stereocenters. The summed E-state index contributed by atoms with van der Waals surface area (Å²) in [5.74, 6) is -6.85. The van der Waals surface area contributed by atoms with E-state index in [1.165, 1.54) is 0 Å². The number of rotatable bonds is 7. The van der Waals surface area contributed by atoms with Crippen LogP contribution in [0.15, 0.2) is 12.1 Å². The molecular weight excluding hydrogens is 380 g/mol. The molecule has 30 heavy (non-hydrogen) atoms. The van der Waals surface area contributed by atoms with Gasteiger partial charge in [0.1, 0.15) is 12.1 Å². The van der Waals surface area contributed by atoms with Crippen molar-refractivity contribution in [3.8, 4) is 11.5 Å². The molecular formula is C24H38N2O4. The second-order valence-electron chi connectivity index (χ2n) is 8.04. The van der Waals surface area contributed by atoms with Gasteiger partial charge >= 0.3 is 5.97 Å². The molecule has 2 aliphatic heterocycles. The smallest absolute Gasteiger partial charge is 0.323 e. The van der Waals surface area contributed by atoms with Gasteiger partial charge < -0.3 is 19.9 Å². The van der Waals surface area contributed by atoms with Crippen molar-refractivity contribution in [2.24, 2.45) is 23.5 Å². The van der Waals surface area contributed by atoms with E-state index in [1.807, 2.05) is 13.8 Å². The van der Waals surface area contributed by atoms with E-state index in [-0.39, 0.29) is 54.8 Å². The fourth-order valence-electron chi connectivity index (χ4n) is 4.15. The zero-order chi connectivity index (χ0) is 34.0. The highest BCUT2D eigenvalue weighted by Crippen LogP contribution is 2.44. The van der Waals surface area contributed by atoms with Gasteiger partial charge in [-0.2, -0.15) is 0 Å². The Balaban J connectivity index is 2.14. The molecule has 1 aromatic rings. The number of carbonyl (C=O) groups excluding carboxylic acids is 1. The van der Waals surface area contributed by atoms with E-state index in [0.717, 1.165) is 7.11 Å². The predicted molar refractivity (Wildman–Crippen MR) is 118 cm³/mol. The number of piperidine rings is 1. The van der Waals surface area contributed by atoms with E-state index < -0.39 is 68.5 Å². The van der Waals surface area contributed by atoms with Crippen LogP contribution in [0.25, 0.3) is 0 Å². The monoisotopic (exact) mass is 432 g/mol. The SMILES string of the molecule is [2H]c1c2c(c([2H])c(OC)c1OC([2H])([2H])[2H])C1([2H])CC(OC(=O)[C@@]([2H])(N)C([2H])(C([2H])([2H])[2H])C([2H])([2H])[2H])C(CC(C)C)CN1CC2. The van der Waals surface area contributed by atoms with E-state index in [9.17, 15) is 6.17 Å². The summed E-state index contributed by atoms with van der Waals surface area (Å²) >= 11 is 0. The van der Waals surface area contributed by atoms with Crippen molar-refractivity contribution in [1.29, 1.82) is 0 Å². The van der Waals surface area contributed by atoms with Crippen LogP contribution in [0.2, 0.25) is 0 Å². The quantitative estimate of drug-likeness (QED) is 0.664. The maximum Gasteiger partial charge on any atom is 0.323 e. The van der Waals surface area contributed by atoms with Crippen LogP contribution in [0.4, 0.5) is 0 Å². The van der Waals surface area contributed by atoms with Gasteiger partial charge in [-0.05, 0) is 47.9 Å². The van der Waals surface area contributed by atoms with Crippen LogP contribution in [-0.4, -0.2) is 50.2 Å². The summed E-state index contributed by atoms with van der Waals surface area (Å²) in [5.41, 5.74) is 5.92. The topological polar surface area (TPSA) is 74.0 Å². The summed E-state index contributed by atoms with van der Waals surface area (Å²) in [6.45, 7) is -3.25. The number of nitrogens with two attached hydrogens (primary N) is 1. The number of ether oxygens (including phenoxy) is 3. The molecule has 0 saturated carbocycles. The molecule has 0 aromatic heterocycles. The van der Waals surface area contributed by atoms with Gasteiger partial charge in [-0.15, -0.1) is 0 Å². The number of fused-ring (bicyclic) bond motifs is 3. The lowest BCUT2D eigenvalue weighted by Crippen LogP contribution is -2.51. The molecule has 3 unspecified atom stereocenters. The molecule has 168 valence electrons. The molecule has 2 heterocycles. The van der Waals surface area contributed by atoms with Crippen LogP contribution in [0, 0.1) is 17.7 Å². The first-order chi connectivity index (χ1) is 19.7. The minimum atomic E-state index is -3.77. The van der Waals surface area contributed by atoms with Crippen LogP contribution < -0.4 is 15.2 Å². The number of esters is 1. The fourth-order valence-corrected chi connectivity index (χ4v) is 4.15. The van der Waals surface area contributed by atoms with E-state index in [2.05, 4.69) is 0 Å². The maximum absolute atomic E-state index is 13.4. The second kappa shape index (κ2) is 9.56. The first-order valence-corrected chi connectivity index (χ1v) is 9.89. The molecule has 1 fully saturated rings. The minimum Gasteiger partial charge on any atom is -0.493 e. The van der Waals surface area contributed by atoms with Crippen molar-refractivity contribution in [1.82, 2.24) is 4.90 Å². The summed E-state index contributed by atoms with van der Waals surface area (Å²) < 4.78 is 128. The lowest BCUT2D eigenvalue weighted by Gasteiger charge is -2.47. The maximum atomic E-state index is 13.4. The molecule has 0 radical (unpaired) electrons. The summed E-state index contributed by atoms with van der Waals surface area (Å²) in [7, 11) is -1.80. The standard InChI is InChI=1S/C24H38N2O4/c1-14(2)9-17-13-26-8-7-16-10-21(28-5)22(29-6)11-18(16)19(26)12-20(17)30-24(27)23(25)15(3)4/h10-11,14-15,17,19-20,23H,7-9,12-13,25H2,1-6H3/t17?,19?,20?,23-/m0/s1/i3D3,4D3,5D3,10D,11D,15D,19D,23D. The molecule has 2 aliphatic rings. The predicted octanol–water partition coefficient (Wildman–Crippen LogP) is 3.56. The van der Waals surface area contributed by atoms with Gasteiger partial charge in [-0.3, -0.25) is 9.69 Å². The first-order valence-electron chi connectivity index (χ1n) is 16.9. The normalized spacial score (nSPS) is 36.8. The number of carbonyl (C=O) groups is 1. The molecule has 0 bridgehead atoms. The molecule has 0 amide bonds. The van der Waals surface area contributed by atoms with Crippen molar-refractivity contribution in [2.75, 3.05) is 27.2 Å². The number of benzene rings is 1. The van der Waals surface area contributed by atoms with Gasteiger partial charge in [-0.25, -0.2) is 0 Å². The summed E-state index contributed by atoms with van der Waals surface area (Å²) in [6.07, 6.45) is -1.00. The average Bonchev–Trinajstić information content (AvgIpc) is 2.84. The van der Waals surface area contributed by atoms with Crippen LogP contribution in [0.3, 0.4) is 0 Å². The van der Waals surface area contributed by atoms with Crippen molar-refractivity contribution < 1.29 is 38.2 Å². The van der Waals surface area contributed by atoms with E-state index in [1.54, 1.807) is 4.90 Å². The lowest BCUT2D eigenvalue weighted by atomic mass is 9.79. The van der Waals surface area contributed by atoms with Gasteiger partial charge in [0.2, 0.25) is 0 Å². The Morgan fingerprint density at radius 1 is 1.40 bits per heavy atom. The third kappa shape index (κ3) is 4.75. The molecule has 2 N–H and O–H groups in total. The van der Waals surface area contributed by atoms with Crippen LogP contribution in [-0.2, 0) is 16.0 Å². The van der Waals surface area contributed by atoms with Crippen LogP contribution in [0.5, 0.6) is 11.5 Å². The largest absolute Gasteiger partial charge is 0.493 e. The Morgan fingerprint density at radius 2 is 2.17 bits per heavy atom. The van der Waals surface area contributed by atoms with Crippen molar-refractivity contribution in [2.45, 2.75) is 65.0 Å². The summed E-state index contributed by atoms with van der Waals surface area (Å²) in [6, 6.07) is -6.22. The molecule has 0 spiro atoms. The Kier molecular flexibility index (Phi) is 3.41. The first kappa shape index (κ1) is 10.7. The number of hydrogen-bond donors (Lipinski definition) is 1. The van der Waals surface area contributed by atoms with Crippen molar-refractivity contribution >= 4 is 5.97 Å². The van der Waals surface area contributed by atoms with E-state index in [0.29, 0.717) is 6.42 Å². The number of nitrogens with zero attached hydrogens (tertiary/aromatic N) is 1. The fraction of sp³-hybridized carbons (Fsp3) is 0.708. The van der Waals surface area contributed by atoms with Gasteiger partial charge in [0, 0.05) is 41.0 Å². The van der Waals surface area contributed by atoms with Gasteiger partial charge in [0.05, 0.1) is 23.7 Å². The molecule has 6 nitrogen and oxygen atoms in total. The average molecular weight is 433 g/mol. The minimum absolute atomic E-state index is 0.00255. The molecule has 1 saturated heterocycles. The highest BCUT2D eigenvalue weighted by Gasteiger charge is 2.41. The molecule has 3 rings (SSSR count). The second-order valence-corrected chi connectivity index (χ2v) is 8.04. The molecule has 1 aromatic carbocycles. The Morgan fingerprint density at radius 3 is 2.83 bits per heavy atom. The number of hydrogen-bond acceptors (Lipinski definition) is 6. The lowest BCUT2D eigenvalue weighted by molar-refractivity contribution is -0.160. The zero-order valence-electron chi connectivity index (χ0n) is 31.4.